The Kier molecular flexibility index (Phi) is 3.82. The van der Waals surface area contributed by atoms with Crippen LogP contribution in [0.1, 0.15) is 20.8 Å². The Morgan fingerprint density at radius 2 is 2.06 bits per heavy atom. The third-order valence-corrected chi connectivity index (χ3v) is 2.17. The van der Waals surface area contributed by atoms with E-state index in [0.29, 0.717) is 0 Å². The van der Waals surface area contributed by atoms with Gasteiger partial charge in [-0.2, -0.15) is 5.10 Å². The molecule has 0 bridgehead atoms. The highest BCUT2D eigenvalue weighted by Crippen LogP contribution is 2.13. The van der Waals surface area contributed by atoms with E-state index in [1.54, 1.807) is 20.8 Å². The van der Waals surface area contributed by atoms with Gasteiger partial charge in [0.1, 0.15) is 25.7 Å². The minimum atomic E-state index is -1.04. The van der Waals surface area contributed by atoms with Crippen molar-refractivity contribution in [2.24, 2.45) is 0 Å². The lowest BCUT2D eigenvalue weighted by molar-refractivity contribution is -0.148. The van der Waals surface area contributed by atoms with Crippen LogP contribution in [0.3, 0.4) is 0 Å². The Balaban J connectivity index is 2.76. The highest BCUT2D eigenvalue weighted by molar-refractivity contribution is 5.81. The molecule has 0 spiro atoms. The zero-order chi connectivity index (χ0) is 13.1. The summed E-state index contributed by atoms with van der Waals surface area (Å²) in [6, 6.07) is 0. The van der Waals surface area contributed by atoms with E-state index < -0.39 is 11.5 Å². The number of aliphatic carboxylic acids is 1. The number of hydrogen-bond acceptors (Lipinski definition) is 4. The molecule has 0 fully saturated rings. The van der Waals surface area contributed by atoms with E-state index in [4.69, 9.17) is 5.11 Å². The molecular formula is C10H16N4O3. The van der Waals surface area contributed by atoms with Gasteiger partial charge in [0, 0.05) is 5.54 Å². The maximum atomic E-state index is 12.0. The van der Waals surface area contributed by atoms with Crippen molar-refractivity contribution in [3.8, 4) is 0 Å². The number of nitrogens with zero attached hydrogens (tertiary/aromatic N) is 4. The third kappa shape index (κ3) is 3.86. The molecule has 1 N–H and O–H groups in total. The van der Waals surface area contributed by atoms with Crippen LogP contribution in [-0.4, -0.2) is 48.7 Å². The van der Waals surface area contributed by atoms with Crippen molar-refractivity contribution in [1.82, 2.24) is 19.7 Å². The normalized spacial score (nSPS) is 11.2. The molecule has 0 aliphatic carbocycles. The topological polar surface area (TPSA) is 88.3 Å². The number of hydrogen-bond donors (Lipinski definition) is 1. The fraction of sp³-hybridized carbons (Fsp3) is 0.600. The van der Waals surface area contributed by atoms with E-state index in [1.807, 2.05) is 0 Å². The molecule has 7 heteroatoms. The van der Waals surface area contributed by atoms with Crippen LogP contribution in [0, 0.1) is 0 Å². The van der Waals surface area contributed by atoms with Crippen molar-refractivity contribution >= 4 is 11.9 Å². The molecule has 1 heterocycles. The van der Waals surface area contributed by atoms with Gasteiger partial charge in [0.15, 0.2) is 0 Å². The van der Waals surface area contributed by atoms with Gasteiger partial charge in [0.05, 0.1) is 0 Å². The molecule has 1 amide bonds. The number of rotatable bonds is 4. The van der Waals surface area contributed by atoms with E-state index in [-0.39, 0.29) is 19.0 Å². The molecule has 94 valence electrons. The van der Waals surface area contributed by atoms with Crippen LogP contribution in [0.15, 0.2) is 12.7 Å². The second-order valence-corrected chi connectivity index (χ2v) is 4.64. The SMILES string of the molecule is CC(C)(C)N(CC(=O)O)C(=O)Cn1cncn1. The van der Waals surface area contributed by atoms with Crippen LogP contribution in [0.4, 0.5) is 0 Å². The molecular weight excluding hydrogens is 224 g/mol. The van der Waals surface area contributed by atoms with E-state index >= 15 is 0 Å². The quantitative estimate of drug-likeness (QED) is 0.799. The van der Waals surface area contributed by atoms with Gasteiger partial charge in [-0.25, -0.2) is 9.67 Å². The van der Waals surface area contributed by atoms with Crippen molar-refractivity contribution in [3.05, 3.63) is 12.7 Å². The van der Waals surface area contributed by atoms with Crippen molar-refractivity contribution in [2.75, 3.05) is 6.54 Å². The first-order valence-corrected chi connectivity index (χ1v) is 5.15. The lowest BCUT2D eigenvalue weighted by Gasteiger charge is -2.34. The number of carboxylic acid groups (broad SMARTS) is 1. The Labute approximate surface area is 99.1 Å². The van der Waals surface area contributed by atoms with Crippen molar-refractivity contribution in [1.29, 1.82) is 0 Å². The largest absolute Gasteiger partial charge is 0.480 e. The number of carbonyl (C=O) groups excluding carboxylic acids is 1. The molecule has 0 aliphatic heterocycles. The first-order chi connectivity index (χ1) is 7.80. The van der Waals surface area contributed by atoms with Crippen LogP contribution in [0.2, 0.25) is 0 Å². The van der Waals surface area contributed by atoms with E-state index in [9.17, 15) is 9.59 Å². The van der Waals surface area contributed by atoms with E-state index in [0.717, 1.165) is 0 Å². The molecule has 0 aliphatic rings. The predicted molar refractivity (Wildman–Crippen MR) is 59.1 cm³/mol. The number of carbonyl (C=O) groups is 2. The summed E-state index contributed by atoms with van der Waals surface area (Å²) in [6.45, 7) is 5.03. The van der Waals surface area contributed by atoms with Gasteiger partial charge < -0.3 is 10.0 Å². The Bertz CT molecular complexity index is 394. The number of aromatic nitrogens is 3. The molecule has 0 radical (unpaired) electrons. The summed E-state index contributed by atoms with van der Waals surface area (Å²) in [5.74, 6) is -1.34. The van der Waals surface area contributed by atoms with Gasteiger partial charge in [-0.15, -0.1) is 0 Å². The van der Waals surface area contributed by atoms with Gasteiger partial charge >= 0.3 is 5.97 Å². The lowest BCUT2D eigenvalue weighted by Crippen LogP contribution is -2.49. The first-order valence-electron chi connectivity index (χ1n) is 5.15. The molecule has 1 aromatic rings. The summed E-state index contributed by atoms with van der Waals surface area (Å²) in [4.78, 5) is 27.7. The Morgan fingerprint density at radius 3 is 2.47 bits per heavy atom. The molecule has 0 saturated carbocycles. The maximum absolute atomic E-state index is 12.0. The van der Waals surface area contributed by atoms with Gasteiger partial charge in [-0.05, 0) is 20.8 Å². The maximum Gasteiger partial charge on any atom is 0.323 e. The molecule has 0 saturated heterocycles. The van der Waals surface area contributed by atoms with Crippen molar-refractivity contribution in [2.45, 2.75) is 32.9 Å². The Morgan fingerprint density at radius 1 is 1.41 bits per heavy atom. The minimum absolute atomic E-state index is 0.00938. The summed E-state index contributed by atoms with van der Waals surface area (Å²) in [7, 11) is 0. The minimum Gasteiger partial charge on any atom is -0.480 e. The monoisotopic (exact) mass is 240 g/mol. The summed E-state index contributed by atoms with van der Waals surface area (Å²) < 4.78 is 1.36. The van der Waals surface area contributed by atoms with Gasteiger partial charge in [-0.1, -0.05) is 0 Å². The highest BCUT2D eigenvalue weighted by atomic mass is 16.4. The average molecular weight is 240 g/mol. The molecule has 1 rings (SSSR count). The fourth-order valence-electron chi connectivity index (χ4n) is 1.37. The van der Waals surface area contributed by atoms with Crippen LogP contribution in [0.25, 0.3) is 0 Å². The molecule has 17 heavy (non-hydrogen) atoms. The Hall–Kier alpha value is -1.92. The summed E-state index contributed by atoms with van der Waals surface area (Å²) >= 11 is 0. The molecule has 0 unspecified atom stereocenters. The number of carboxylic acids is 1. The highest BCUT2D eigenvalue weighted by Gasteiger charge is 2.28. The van der Waals surface area contributed by atoms with Crippen LogP contribution in [0.5, 0.6) is 0 Å². The zero-order valence-electron chi connectivity index (χ0n) is 10.1. The van der Waals surface area contributed by atoms with E-state index in [1.165, 1.54) is 22.2 Å². The molecule has 7 nitrogen and oxygen atoms in total. The lowest BCUT2D eigenvalue weighted by atomic mass is 10.1. The van der Waals surface area contributed by atoms with Crippen LogP contribution < -0.4 is 0 Å². The van der Waals surface area contributed by atoms with E-state index in [2.05, 4.69) is 10.1 Å². The zero-order valence-corrected chi connectivity index (χ0v) is 10.1. The summed E-state index contributed by atoms with van der Waals surface area (Å²) in [6.07, 6.45) is 2.74. The van der Waals surface area contributed by atoms with Crippen molar-refractivity contribution < 1.29 is 14.7 Å². The summed E-state index contributed by atoms with van der Waals surface area (Å²) in [5.41, 5.74) is -0.546. The van der Waals surface area contributed by atoms with Crippen LogP contribution >= 0.6 is 0 Å². The second-order valence-electron chi connectivity index (χ2n) is 4.64. The van der Waals surface area contributed by atoms with Gasteiger partial charge in [-0.3, -0.25) is 9.59 Å². The van der Waals surface area contributed by atoms with Gasteiger partial charge in [0.25, 0.3) is 0 Å². The number of amides is 1. The second kappa shape index (κ2) is 4.94. The average Bonchev–Trinajstić information content (AvgIpc) is 2.64. The molecule has 0 atom stereocenters. The fourth-order valence-corrected chi connectivity index (χ4v) is 1.37. The third-order valence-electron chi connectivity index (χ3n) is 2.17. The predicted octanol–water partition coefficient (Wildman–Crippen LogP) is -0.0102. The molecule has 0 aromatic carbocycles. The first kappa shape index (κ1) is 13.1. The van der Waals surface area contributed by atoms with Gasteiger partial charge in [0.2, 0.25) is 5.91 Å². The van der Waals surface area contributed by atoms with Crippen LogP contribution in [-0.2, 0) is 16.1 Å². The summed E-state index contributed by atoms with van der Waals surface area (Å²) in [5, 5.41) is 12.6. The smallest absolute Gasteiger partial charge is 0.323 e. The van der Waals surface area contributed by atoms with Crippen molar-refractivity contribution in [3.63, 3.8) is 0 Å². The molecule has 1 aromatic heterocycles. The standard InChI is InChI=1S/C10H16N4O3/c1-10(2,3)14(5-9(16)17)8(15)4-13-7-11-6-12-13/h6-7H,4-5H2,1-3H3,(H,16,17).